The van der Waals surface area contributed by atoms with E-state index in [4.69, 9.17) is 38.9 Å². The van der Waals surface area contributed by atoms with Crippen LogP contribution >= 0.6 is 23.2 Å². The predicted molar refractivity (Wildman–Crippen MR) is 73.3 cm³/mol. The molecule has 1 aromatic heterocycles. The number of benzene rings is 1. The fraction of sp³-hybridized carbons (Fsp3) is 0. The zero-order valence-electron chi connectivity index (χ0n) is 9.55. The third-order valence-corrected chi connectivity index (χ3v) is 2.81. The molecule has 2 rings (SSSR count). The summed E-state index contributed by atoms with van der Waals surface area (Å²) < 4.78 is 5.59. The Hall–Kier alpha value is -1.98. The number of hydrogen-bond donors (Lipinski definition) is 2. The van der Waals surface area contributed by atoms with Gasteiger partial charge in [0.15, 0.2) is 11.6 Å². The van der Waals surface area contributed by atoms with Gasteiger partial charge in [0.2, 0.25) is 0 Å². The number of oxime groups is 1. The minimum atomic E-state index is -0.0810. The number of amidine groups is 1. The Morgan fingerprint density at radius 3 is 2.74 bits per heavy atom. The molecule has 5 nitrogen and oxygen atoms in total. The highest BCUT2D eigenvalue weighted by molar-refractivity contribution is 6.35. The van der Waals surface area contributed by atoms with Gasteiger partial charge in [0, 0.05) is 11.2 Å². The molecule has 0 bridgehead atoms. The van der Waals surface area contributed by atoms with Gasteiger partial charge in [-0.3, -0.25) is 4.98 Å². The molecule has 1 heterocycles. The quantitative estimate of drug-likeness (QED) is 0.394. The van der Waals surface area contributed by atoms with E-state index in [1.165, 1.54) is 12.4 Å². The molecule has 98 valence electrons. The summed E-state index contributed by atoms with van der Waals surface area (Å²) in [6.45, 7) is 0. The van der Waals surface area contributed by atoms with E-state index in [-0.39, 0.29) is 5.84 Å². The van der Waals surface area contributed by atoms with Gasteiger partial charge in [0.05, 0.1) is 16.8 Å². The van der Waals surface area contributed by atoms with Crippen molar-refractivity contribution >= 4 is 29.0 Å². The summed E-state index contributed by atoms with van der Waals surface area (Å²) >= 11 is 11.8. The Balaban J connectivity index is 2.38. The van der Waals surface area contributed by atoms with Crippen molar-refractivity contribution in [1.82, 2.24) is 4.98 Å². The smallest absolute Gasteiger partial charge is 0.173 e. The summed E-state index contributed by atoms with van der Waals surface area (Å²) in [5.74, 6) is 0.635. The first kappa shape index (κ1) is 13.5. The van der Waals surface area contributed by atoms with Gasteiger partial charge in [0.25, 0.3) is 0 Å². The summed E-state index contributed by atoms with van der Waals surface area (Å²) in [6, 6.07) is 6.38. The molecule has 1 aromatic carbocycles. The van der Waals surface area contributed by atoms with Crippen molar-refractivity contribution in [3.05, 3.63) is 52.3 Å². The lowest BCUT2D eigenvalue weighted by molar-refractivity contribution is 0.318. The fourth-order valence-corrected chi connectivity index (χ4v) is 1.85. The second kappa shape index (κ2) is 5.77. The summed E-state index contributed by atoms with van der Waals surface area (Å²) in [4.78, 5) is 3.92. The lowest BCUT2D eigenvalue weighted by atomic mass is 10.2. The van der Waals surface area contributed by atoms with E-state index in [1.807, 2.05) is 0 Å². The minimum Gasteiger partial charge on any atom is -0.453 e. The first-order valence-corrected chi connectivity index (χ1v) is 5.92. The summed E-state index contributed by atoms with van der Waals surface area (Å²) in [5, 5.41) is 12.5. The van der Waals surface area contributed by atoms with Gasteiger partial charge in [0.1, 0.15) is 5.75 Å². The van der Waals surface area contributed by atoms with Crippen molar-refractivity contribution in [3.63, 3.8) is 0 Å². The van der Waals surface area contributed by atoms with Crippen molar-refractivity contribution in [2.45, 2.75) is 0 Å². The normalized spacial score (nSPS) is 11.4. The minimum absolute atomic E-state index is 0.0810. The van der Waals surface area contributed by atoms with Crippen LogP contribution in [0.2, 0.25) is 10.0 Å². The van der Waals surface area contributed by atoms with Crippen LogP contribution in [0.3, 0.4) is 0 Å². The van der Waals surface area contributed by atoms with Gasteiger partial charge in [-0.25, -0.2) is 0 Å². The lowest BCUT2D eigenvalue weighted by Crippen LogP contribution is -2.14. The predicted octanol–water partition coefficient (Wildman–Crippen LogP) is 3.28. The monoisotopic (exact) mass is 297 g/mol. The van der Waals surface area contributed by atoms with Crippen LogP contribution in [0.5, 0.6) is 11.5 Å². The van der Waals surface area contributed by atoms with Gasteiger partial charge in [-0.1, -0.05) is 28.4 Å². The Morgan fingerprint density at radius 2 is 2.05 bits per heavy atom. The first-order chi connectivity index (χ1) is 9.11. The number of hydrogen-bond acceptors (Lipinski definition) is 4. The van der Waals surface area contributed by atoms with Crippen LogP contribution in [0.1, 0.15) is 5.56 Å². The molecule has 7 heteroatoms. The first-order valence-electron chi connectivity index (χ1n) is 5.16. The second-order valence-electron chi connectivity index (χ2n) is 3.53. The topological polar surface area (TPSA) is 80.7 Å². The fourth-order valence-electron chi connectivity index (χ4n) is 1.40. The largest absolute Gasteiger partial charge is 0.453 e. The Kier molecular flexibility index (Phi) is 4.09. The van der Waals surface area contributed by atoms with Gasteiger partial charge in [-0.05, 0) is 24.3 Å². The van der Waals surface area contributed by atoms with Crippen molar-refractivity contribution in [3.8, 4) is 11.5 Å². The average Bonchev–Trinajstić information content (AvgIpc) is 2.41. The third-order valence-electron chi connectivity index (χ3n) is 2.28. The third kappa shape index (κ3) is 3.07. The maximum atomic E-state index is 8.71. The molecule has 0 unspecified atom stereocenters. The highest BCUT2D eigenvalue weighted by Gasteiger charge is 2.11. The van der Waals surface area contributed by atoms with E-state index in [2.05, 4.69) is 10.1 Å². The molecule has 0 aliphatic carbocycles. The molecule has 0 amide bonds. The molecular formula is C12H9Cl2N3O2. The molecule has 0 atom stereocenters. The van der Waals surface area contributed by atoms with Gasteiger partial charge < -0.3 is 15.7 Å². The highest BCUT2D eigenvalue weighted by Crippen LogP contribution is 2.32. The van der Waals surface area contributed by atoms with E-state index in [0.717, 1.165) is 0 Å². The Labute approximate surface area is 119 Å². The molecule has 0 aliphatic rings. The molecule has 0 fully saturated rings. The summed E-state index contributed by atoms with van der Waals surface area (Å²) in [5.41, 5.74) is 5.96. The molecule has 2 aromatic rings. The average molecular weight is 298 g/mol. The number of halogens is 2. The number of rotatable bonds is 3. The second-order valence-corrected chi connectivity index (χ2v) is 4.38. The van der Waals surface area contributed by atoms with Crippen LogP contribution in [0, 0.1) is 0 Å². The number of nitrogens with two attached hydrogens (primary N) is 1. The Morgan fingerprint density at radius 1 is 1.26 bits per heavy atom. The number of pyridine rings is 1. The van der Waals surface area contributed by atoms with Gasteiger partial charge in [-0.15, -0.1) is 0 Å². The van der Waals surface area contributed by atoms with Crippen LogP contribution in [-0.4, -0.2) is 16.0 Å². The van der Waals surface area contributed by atoms with Crippen LogP contribution in [0.15, 0.2) is 41.8 Å². The maximum Gasteiger partial charge on any atom is 0.173 e. The summed E-state index contributed by atoms with van der Waals surface area (Å²) in [6.07, 6.45) is 2.95. The summed E-state index contributed by atoms with van der Waals surface area (Å²) in [7, 11) is 0. The van der Waals surface area contributed by atoms with Crippen LogP contribution in [-0.2, 0) is 0 Å². The van der Waals surface area contributed by atoms with E-state index in [1.54, 1.807) is 24.3 Å². The molecule has 0 spiro atoms. The molecule has 0 radical (unpaired) electrons. The van der Waals surface area contributed by atoms with Gasteiger partial charge in [-0.2, -0.15) is 0 Å². The number of ether oxygens (including phenoxy) is 1. The van der Waals surface area contributed by atoms with E-state index >= 15 is 0 Å². The zero-order valence-corrected chi connectivity index (χ0v) is 11.1. The van der Waals surface area contributed by atoms with Crippen molar-refractivity contribution in [2.24, 2.45) is 10.9 Å². The van der Waals surface area contributed by atoms with Crippen molar-refractivity contribution < 1.29 is 9.94 Å². The van der Waals surface area contributed by atoms with E-state index < -0.39 is 0 Å². The number of nitrogens with zero attached hydrogens (tertiary/aromatic N) is 2. The standard InChI is InChI=1S/C12H9Cl2N3O2/c13-7-1-2-10(9(14)5-7)19-11-6-16-4-3-8(11)12(15)17-18/h1-6,18H,(H2,15,17). The molecule has 0 aliphatic heterocycles. The van der Waals surface area contributed by atoms with Gasteiger partial charge >= 0.3 is 0 Å². The zero-order chi connectivity index (χ0) is 13.8. The van der Waals surface area contributed by atoms with Crippen LogP contribution in [0.4, 0.5) is 0 Å². The SMILES string of the molecule is N/C(=N/O)c1ccncc1Oc1ccc(Cl)cc1Cl. The molecule has 3 N–H and O–H groups in total. The van der Waals surface area contributed by atoms with E-state index in [0.29, 0.717) is 27.1 Å². The molecular weight excluding hydrogens is 289 g/mol. The van der Waals surface area contributed by atoms with Crippen LogP contribution < -0.4 is 10.5 Å². The highest BCUT2D eigenvalue weighted by atomic mass is 35.5. The lowest BCUT2D eigenvalue weighted by Gasteiger charge is -2.10. The van der Waals surface area contributed by atoms with E-state index in [9.17, 15) is 0 Å². The molecule has 0 saturated heterocycles. The van der Waals surface area contributed by atoms with Crippen molar-refractivity contribution in [1.29, 1.82) is 0 Å². The molecule has 19 heavy (non-hydrogen) atoms. The van der Waals surface area contributed by atoms with Crippen LogP contribution in [0.25, 0.3) is 0 Å². The number of aromatic nitrogens is 1. The molecule has 0 saturated carbocycles. The maximum absolute atomic E-state index is 8.71. The Bertz CT molecular complexity index is 632. The van der Waals surface area contributed by atoms with Crippen molar-refractivity contribution in [2.75, 3.05) is 0 Å².